The summed E-state index contributed by atoms with van der Waals surface area (Å²) in [4.78, 5) is 12.2. The average molecular weight is 363 g/mol. The number of nitrogens with one attached hydrogen (secondary N) is 1. The number of hydrogen-bond acceptors (Lipinski definition) is 3. The summed E-state index contributed by atoms with van der Waals surface area (Å²) in [5.41, 5.74) is 2.20. The first kappa shape index (κ1) is 18.8. The van der Waals surface area contributed by atoms with Crippen LogP contribution in [-0.4, -0.2) is 25.2 Å². The summed E-state index contributed by atoms with van der Waals surface area (Å²) >= 11 is 0. The van der Waals surface area contributed by atoms with Gasteiger partial charge in [-0.3, -0.25) is 4.79 Å². The molecule has 0 heterocycles. The van der Waals surface area contributed by atoms with Crippen molar-refractivity contribution in [3.8, 4) is 11.5 Å². The molecule has 1 amide bonds. The third-order valence-corrected chi connectivity index (χ3v) is 4.62. The van der Waals surface area contributed by atoms with E-state index in [1.807, 2.05) is 62.4 Å². The Bertz CT molecular complexity index is 936. The van der Waals surface area contributed by atoms with Crippen molar-refractivity contribution < 1.29 is 14.3 Å². The highest BCUT2D eigenvalue weighted by Gasteiger charge is 2.15. The lowest BCUT2D eigenvalue weighted by Crippen LogP contribution is -2.38. The molecule has 0 bridgehead atoms. The Morgan fingerprint density at radius 3 is 2.59 bits per heavy atom. The van der Waals surface area contributed by atoms with Gasteiger partial charge in [0.1, 0.15) is 18.1 Å². The molecule has 0 saturated carbocycles. The van der Waals surface area contributed by atoms with Crippen LogP contribution in [0.1, 0.15) is 18.1 Å². The molecule has 1 atom stereocenters. The minimum absolute atomic E-state index is 0.155. The Kier molecular flexibility index (Phi) is 5.97. The summed E-state index contributed by atoms with van der Waals surface area (Å²) < 4.78 is 11.5. The first-order valence-electron chi connectivity index (χ1n) is 9.17. The van der Waals surface area contributed by atoms with E-state index < -0.39 is 6.10 Å². The van der Waals surface area contributed by atoms with Crippen LogP contribution in [0.4, 0.5) is 0 Å². The van der Waals surface area contributed by atoms with Gasteiger partial charge in [-0.05, 0) is 60.9 Å². The van der Waals surface area contributed by atoms with Crippen molar-refractivity contribution in [1.82, 2.24) is 5.32 Å². The van der Waals surface area contributed by atoms with E-state index in [-0.39, 0.29) is 5.91 Å². The van der Waals surface area contributed by atoms with E-state index in [1.165, 1.54) is 5.39 Å². The molecule has 0 aromatic heterocycles. The highest BCUT2D eigenvalue weighted by molar-refractivity contribution is 5.83. The van der Waals surface area contributed by atoms with Crippen LogP contribution in [0.15, 0.2) is 60.7 Å². The molecule has 0 unspecified atom stereocenters. The van der Waals surface area contributed by atoms with E-state index in [4.69, 9.17) is 9.47 Å². The van der Waals surface area contributed by atoms with Crippen LogP contribution in [0.3, 0.4) is 0 Å². The summed E-state index contributed by atoms with van der Waals surface area (Å²) in [6.45, 7) is 6.59. The number of carbonyl (C=O) groups excluding carboxylic acids is 1. The predicted octanol–water partition coefficient (Wildman–Crippen LogP) is 4.42. The molecular weight excluding hydrogens is 338 g/mol. The molecule has 3 aromatic carbocycles. The number of aryl methyl sites for hydroxylation is 1. The molecule has 4 heteroatoms. The van der Waals surface area contributed by atoms with Gasteiger partial charge in [0, 0.05) is 0 Å². The predicted molar refractivity (Wildman–Crippen MR) is 108 cm³/mol. The fourth-order valence-corrected chi connectivity index (χ4v) is 2.84. The van der Waals surface area contributed by atoms with E-state index in [0.29, 0.717) is 13.2 Å². The van der Waals surface area contributed by atoms with Crippen molar-refractivity contribution >= 4 is 16.7 Å². The lowest BCUT2D eigenvalue weighted by atomic mass is 10.1. The third-order valence-electron chi connectivity index (χ3n) is 4.62. The van der Waals surface area contributed by atoms with Gasteiger partial charge in [0.15, 0.2) is 6.10 Å². The van der Waals surface area contributed by atoms with Crippen molar-refractivity contribution in [1.29, 1.82) is 0 Å². The van der Waals surface area contributed by atoms with Crippen LogP contribution in [0.25, 0.3) is 10.8 Å². The van der Waals surface area contributed by atoms with Gasteiger partial charge < -0.3 is 14.8 Å². The van der Waals surface area contributed by atoms with E-state index in [0.717, 1.165) is 28.0 Å². The van der Waals surface area contributed by atoms with Crippen molar-refractivity contribution in [3.63, 3.8) is 0 Å². The molecule has 0 radical (unpaired) electrons. The van der Waals surface area contributed by atoms with E-state index in [2.05, 4.69) is 17.4 Å². The van der Waals surface area contributed by atoms with Crippen molar-refractivity contribution in [2.24, 2.45) is 0 Å². The highest BCUT2D eigenvalue weighted by atomic mass is 16.5. The minimum Gasteiger partial charge on any atom is -0.492 e. The Morgan fingerprint density at radius 2 is 1.78 bits per heavy atom. The first-order valence-corrected chi connectivity index (χ1v) is 9.17. The van der Waals surface area contributed by atoms with Crippen LogP contribution in [0, 0.1) is 13.8 Å². The molecule has 27 heavy (non-hydrogen) atoms. The minimum atomic E-state index is -0.564. The molecule has 3 aromatic rings. The van der Waals surface area contributed by atoms with Crippen LogP contribution in [0.5, 0.6) is 11.5 Å². The molecule has 0 spiro atoms. The lowest BCUT2D eigenvalue weighted by Gasteiger charge is -2.17. The average Bonchev–Trinajstić information content (AvgIpc) is 2.68. The van der Waals surface area contributed by atoms with Crippen LogP contribution >= 0.6 is 0 Å². The molecule has 3 rings (SSSR count). The Hall–Kier alpha value is -3.01. The van der Waals surface area contributed by atoms with E-state index >= 15 is 0 Å². The molecule has 0 saturated heterocycles. The molecule has 0 aliphatic rings. The number of fused-ring (bicyclic) bond motifs is 1. The van der Waals surface area contributed by atoms with Gasteiger partial charge in [0.05, 0.1) is 6.54 Å². The SMILES string of the molecule is Cc1cccc(O[C@@H](C)C(=O)NCCOc2ccc3ccccc3c2)c1C. The quantitative estimate of drug-likeness (QED) is 0.632. The zero-order chi connectivity index (χ0) is 19.2. The molecular formula is C23H25NO3. The fourth-order valence-electron chi connectivity index (χ4n) is 2.84. The highest BCUT2D eigenvalue weighted by Crippen LogP contribution is 2.22. The first-order chi connectivity index (χ1) is 13.0. The third kappa shape index (κ3) is 4.79. The van der Waals surface area contributed by atoms with E-state index in [1.54, 1.807) is 6.92 Å². The normalized spacial score (nSPS) is 11.8. The number of carbonyl (C=O) groups is 1. The topological polar surface area (TPSA) is 47.6 Å². The van der Waals surface area contributed by atoms with E-state index in [9.17, 15) is 4.79 Å². The maximum absolute atomic E-state index is 12.2. The number of benzene rings is 3. The second-order valence-corrected chi connectivity index (χ2v) is 6.61. The Balaban J connectivity index is 1.46. The summed E-state index contributed by atoms with van der Waals surface area (Å²) in [5.74, 6) is 1.38. The van der Waals surface area contributed by atoms with Crippen molar-refractivity contribution in [3.05, 3.63) is 71.8 Å². The fraction of sp³-hybridized carbons (Fsp3) is 0.261. The van der Waals surface area contributed by atoms with Gasteiger partial charge in [0.25, 0.3) is 5.91 Å². The summed E-state index contributed by atoms with van der Waals surface area (Å²) in [7, 11) is 0. The second-order valence-electron chi connectivity index (χ2n) is 6.61. The van der Waals surface area contributed by atoms with Gasteiger partial charge in [-0.1, -0.05) is 42.5 Å². The lowest BCUT2D eigenvalue weighted by molar-refractivity contribution is -0.127. The zero-order valence-electron chi connectivity index (χ0n) is 16.0. The zero-order valence-corrected chi connectivity index (χ0v) is 16.0. The van der Waals surface area contributed by atoms with Gasteiger partial charge in [-0.2, -0.15) is 0 Å². The summed E-state index contributed by atoms with van der Waals surface area (Å²) in [6, 6.07) is 19.9. The van der Waals surface area contributed by atoms with Crippen LogP contribution < -0.4 is 14.8 Å². The van der Waals surface area contributed by atoms with Gasteiger partial charge in [0.2, 0.25) is 0 Å². The molecule has 0 fully saturated rings. The summed E-state index contributed by atoms with van der Waals surface area (Å²) in [5, 5.41) is 5.17. The largest absolute Gasteiger partial charge is 0.492 e. The Morgan fingerprint density at radius 1 is 1.00 bits per heavy atom. The number of hydrogen-bond donors (Lipinski definition) is 1. The smallest absolute Gasteiger partial charge is 0.260 e. The Labute approximate surface area is 160 Å². The molecule has 140 valence electrons. The molecule has 4 nitrogen and oxygen atoms in total. The molecule has 0 aliphatic carbocycles. The maximum Gasteiger partial charge on any atom is 0.260 e. The number of amides is 1. The number of ether oxygens (including phenoxy) is 2. The van der Waals surface area contributed by atoms with Gasteiger partial charge in [-0.15, -0.1) is 0 Å². The second kappa shape index (κ2) is 8.58. The van der Waals surface area contributed by atoms with Gasteiger partial charge >= 0.3 is 0 Å². The van der Waals surface area contributed by atoms with Crippen molar-refractivity contribution in [2.45, 2.75) is 26.9 Å². The van der Waals surface area contributed by atoms with Gasteiger partial charge in [-0.25, -0.2) is 0 Å². The number of rotatable bonds is 7. The van der Waals surface area contributed by atoms with Crippen LogP contribution in [0.2, 0.25) is 0 Å². The standard InChI is InChI=1S/C23H25NO3/c1-16-7-6-10-22(17(16)2)27-18(3)23(25)24-13-14-26-21-12-11-19-8-4-5-9-20(19)15-21/h4-12,15,18H,13-14H2,1-3H3,(H,24,25)/t18-/m0/s1. The van der Waals surface area contributed by atoms with Crippen LogP contribution in [-0.2, 0) is 4.79 Å². The maximum atomic E-state index is 12.2. The van der Waals surface area contributed by atoms with Crippen molar-refractivity contribution in [2.75, 3.05) is 13.2 Å². The monoisotopic (exact) mass is 363 g/mol. The molecule has 1 N–H and O–H groups in total. The molecule has 0 aliphatic heterocycles. The summed E-state index contributed by atoms with van der Waals surface area (Å²) in [6.07, 6.45) is -0.564.